The minimum absolute atomic E-state index is 0.494. The summed E-state index contributed by atoms with van der Waals surface area (Å²) in [4.78, 5) is 10.3. The van der Waals surface area contributed by atoms with E-state index in [1.165, 1.54) is 19.3 Å². The van der Waals surface area contributed by atoms with E-state index >= 15 is 0 Å². The van der Waals surface area contributed by atoms with Crippen LogP contribution in [0.5, 0.6) is 0 Å². The Morgan fingerprint density at radius 3 is 2.70 bits per heavy atom. The third-order valence-corrected chi connectivity index (χ3v) is 1.78. The van der Waals surface area contributed by atoms with Gasteiger partial charge in [-0.05, 0) is 18.8 Å². The summed E-state index contributed by atoms with van der Waals surface area (Å²) in [5.74, 6) is 0.569. The second-order valence-electron chi connectivity index (χ2n) is 2.50. The molecule has 1 aliphatic rings. The van der Waals surface area contributed by atoms with E-state index in [9.17, 15) is 4.79 Å². The van der Waals surface area contributed by atoms with E-state index in [0.29, 0.717) is 12.5 Å². The van der Waals surface area contributed by atoms with Gasteiger partial charge in [0.1, 0.15) is 7.11 Å². The van der Waals surface area contributed by atoms with Crippen molar-refractivity contribution in [1.29, 1.82) is 0 Å². The van der Waals surface area contributed by atoms with E-state index in [0.717, 1.165) is 0 Å². The quantitative estimate of drug-likeness (QED) is 0.552. The Morgan fingerprint density at radius 1 is 1.60 bits per heavy atom. The van der Waals surface area contributed by atoms with Crippen LogP contribution in [0, 0.1) is 13.0 Å². The number of hydrogen-bond acceptors (Lipinski definition) is 3. The van der Waals surface area contributed by atoms with Crippen LogP contribution in [-0.2, 0) is 9.47 Å². The standard InChI is InChI=1S/C7H11O3/c1-9-7(8)10-5-6-3-2-4-6/h6H,1-5H2. The van der Waals surface area contributed by atoms with Gasteiger partial charge in [0.15, 0.2) is 0 Å². The highest BCUT2D eigenvalue weighted by molar-refractivity contribution is 5.59. The lowest BCUT2D eigenvalue weighted by Crippen LogP contribution is -2.19. The minimum Gasteiger partial charge on any atom is -0.434 e. The van der Waals surface area contributed by atoms with Gasteiger partial charge in [-0.1, -0.05) is 6.42 Å². The fourth-order valence-corrected chi connectivity index (χ4v) is 0.887. The van der Waals surface area contributed by atoms with Crippen LogP contribution in [0.15, 0.2) is 0 Å². The van der Waals surface area contributed by atoms with Gasteiger partial charge in [-0.15, -0.1) is 0 Å². The van der Waals surface area contributed by atoms with E-state index in [-0.39, 0.29) is 0 Å². The summed E-state index contributed by atoms with van der Waals surface area (Å²) < 4.78 is 8.73. The monoisotopic (exact) mass is 143 g/mol. The average molecular weight is 143 g/mol. The molecular formula is C7H11O3. The highest BCUT2D eigenvalue weighted by Crippen LogP contribution is 2.26. The lowest BCUT2D eigenvalue weighted by molar-refractivity contribution is 0.0556. The number of carbonyl (C=O) groups excluding carboxylic acids is 1. The van der Waals surface area contributed by atoms with Crippen molar-refractivity contribution in [3.8, 4) is 0 Å². The molecule has 3 nitrogen and oxygen atoms in total. The Hall–Kier alpha value is -0.730. The molecule has 1 radical (unpaired) electrons. The van der Waals surface area contributed by atoms with Crippen LogP contribution in [-0.4, -0.2) is 12.8 Å². The smallest absolute Gasteiger partial charge is 0.434 e. The zero-order valence-corrected chi connectivity index (χ0v) is 5.84. The van der Waals surface area contributed by atoms with Crippen molar-refractivity contribution in [3.05, 3.63) is 7.11 Å². The van der Waals surface area contributed by atoms with Gasteiger partial charge in [0.25, 0.3) is 0 Å². The van der Waals surface area contributed by atoms with Crippen LogP contribution < -0.4 is 0 Å². The first kappa shape index (κ1) is 7.38. The van der Waals surface area contributed by atoms with Crippen molar-refractivity contribution in [2.45, 2.75) is 19.3 Å². The van der Waals surface area contributed by atoms with Crippen LogP contribution in [0.25, 0.3) is 0 Å². The summed E-state index contributed by atoms with van der Waals surface area (Å²) in [6.45, 7) is 0.494. The Kier molecular flexibility index (Phi) is 2.54. The molecule has 0 aromatic heterocycles. The lowest BCUT2D eigenvalue weighted by Gasteiger charge is -2.23. The molecule has 0 saturated heterocycles. The van der Waals surface area contributed by atoms with E-state index < -0.39 is 6.16 Å². The highest BCUT2D eigenvalue weighted by atomic mass is 16.7. The summed E-state index contributed by atoms with van der Waals surface area (Å²) in [7, 11) is 2.93. The molecule has 10 heavy (non-hydrogen) atoms. The molecule has 57 valence electrons. The first-order chi connectivity index (χ1) is 4.83. The molecule has 0 atom stereocenters. The molecule has 0 N–H and O–H groups in total. The summed E-state index contributed by atoms with van der Waals surface area (Å²) >= 11 is 0. The van der Waals surface area contributed by atoms with Gasteiger partial charge < -0.3 is 9.47 Å². The first-order valence-corrected chi connectivity index (χ1v) is 3.41. The molecule has 0 aliphatic heterocycles. The fourth-order valence-electron chi connectivity index (χ4n) is 0.887. The predicted octanol–water partition coefficient (Wildman–Crippen LogP) is 1.73. The van der Waals surface area contributed by atoms with Crippen molar-refractivity contribution in [2.75, 3.05) is 6.61 Å². The Bertz CT molecular complexity index is 118. The van der Waals surface area contributed by atoms with E-state index in [4.69, 9.17) is 0 Å². The van der Waals surface area contributed by atoms with Gasteiger partial charge in [-0.25, -0.2) is 4.79 Å². The van der Waals surface area contributed by atoms with Gasteiger partial charge in [0.2, 0.25) is 0 Å². The van der Waals surface area contributed by atoms with Gasteiger partial charge in [0.05, 0.1) is 6.61 Å². The van der Waals surface area contributed by atoms with Crippen LogP contribution in [0.1, 0.15) is 19.3 Å². The van der Waals surface area contributed by atoms with E-state index in [2.05, 4.69) is 16.6 Å². The van der Waals surface area contributed by atoms with E-state index in [1.54, 1.807) is 0 Å². The predicted molar refractivity (Wildman–Crippen MR) is 35.1 cm³/mol. The van der Waals surface area contributed by atoms with Gasteiger partial charge in [-0.2, -0.15) is 0 Å². The van der Waals surface area contributed by atoms with Crippen LogP contribution in [0.3, 0.4) is 0 Å². The molecule has 1 aliphatic carbocycles. The summed E-state index contributed by atoms with van der Waals surface area (Å²) in [5, 5.41) is 0. The molecule has 0 unspecified atom stereocenters. The first-order valence-electron chi connectivity index (χ1n) is 3.41. The molecule has 1 rings (SSSR count). The average Bonchev–Trinajstić information content (AvgIpc) is 1.84. The minimum atomic E-state index is -0.674. The Balaban J connectivity index is 1.98. The maximum atomic E-state index is 10.3. The summed E-state index contributed by atoms with van der Waals surface area (Å²) in [5.41, 5.74) is 0. The fraction of sp³-hybridized carbons (Fsp3) is 0.714. The molecule has 0 amide bonds. The number of ether oxygens (including phenoxy) is 2. The Morgan fingerprint density at radius 2 is 2.30 bits per heavy atom. The number of carbonyl (C=O) groups is 1. The van der Waals surface area contributed by atoms with E-state index in [1.807, 2.05) is 0 Å². The number of rotatable bonds is 2. The van der Waals surface area contributed by atoms with Crippen molar-refractivity contribution in [1.82, 2.24) is 0 Å². The molecule has 3 heteroatoms. The third kappa shape index (κ3) is 1.90. The van der Waals surface area contributed by atoms with Crippen molar-refractivity contribution < 1.29 is 14.3 Å². The number of hydrogen-bond donors (Lipinski definition) is 0. The zero-order chi connectivity index (χ0) is 7.40. The molecule has 0 aromatic rings. The molecule has 0 aromatic carbocycles. The third-order valence-electron chi connectivity index (χ3n) is 1.78. The Labute approximate surface area is 60.3 Å². The zero-order valence-electron chi connectivity index (χ0n) is 5.84. The second-order valence-corrected chi connectivity index (χ2v) is 2.50. The molecule has 0 spiro atoms. The summed E-state index contributed by atoms with van der Waals surface area (Å²) in [6.07, 6.45) is 2.93. The normalized spacial score (nSPS) is 17.7. The summed E-state index contributed by atoms with van der Waals surface area (Å²) in [6, 6.07) is 0. The van der Waals surface area contributed by atoms with Crippen molar-refractivity contribution >= 4 is 6.16 Å². The maximum absolute atomic E-state index is 10.3. The lowest BCUT2D eigenvalue weighted by atomic mass is 9.86. The maximum Gasteiger partial charge on any atom is 0.508 e. The largest absolute Gasteiger partial charge is 0.508 e. The van der Waals surface area contributed by atoms with Crippen LogP contribution >= 0.6 is 0 Å². The van der Waals surface area contributed by atoms with Crippen LogP contribution in [0.4, 0.5) is 4.79 Å². The van der Waals surface area contributed by atoms with Gasteiger partial charge in [0, 0.05) is 0 Å². The molecule has 0 heterocycles. The topological polar surface area (TPSA) is 35.5 Å². The van der Waals surface area contributed by atoms with Crippen LogP contribution in [0.2, 0.25) is 0 Å². The second kappa shape index (κ2) is 3.44. The van der Waals surface area contributed by atoms with Crippen molar-refractivity contribution in [2.24, 2.45) is 5.92 Å². The SMILES string of the molecule is [CH2]OC(=O)OCC1CCC1. The molecule has 1 saturated carbocycles. The molecular weight excluding hydrogens is 132 g/mol. The van der Waals surface area contributed by atoms with Gasteiger partial charge in [-0.3, -0.25) is 0 Å². The molecule has 0 bridgehead atoms. The molecule has 1 fully saturated rings. The van der Waals surface area contributed by atoms with Gasteiger partial charge >= 0.3 is 6.16 Å². The highest BCUT2D eigenvalue weighted by Gasteiger charge is 2.18. The van der Waals surface area contributed by atoms with Crippen molar-refractivity contribution in [3.63, 3.8) is 0 Å².